The van der Waals surface area contributed by atoms with Gasteiger partial charge in [-0.15, -0.1) is 0 Å². The van der Waals surface area contributed by atoms with E-state index >= 15 is 0 Å². The molecule has 18 heavy (non-hydrogen) atoms. The van der Waals surface area contributed by atoms with Crippen molar-refractivity contribution in [1.29, 1.82) is 0 Å². The van der Waals surface area contributed by atoms with Gasteiger partial charge in [-0.25, -0.2) is 0 Å². The molecule has 0 radical (unpaired) electrons. The second kappa shape index (κ2) is 6.70. The van der Waals surface area contributed by atoms with Gasteiger partial charge >= 0.3 is 0 Å². The van der Waals surface area contributed by atoms with Crippen LogP contribution in [0.5, 0.6) is 0 Å². The molecule has 1 aliphatic heterocycles. The fraction of sp³-hybridized carbons (Fsp3) is 0.833. The molecule has 0 aromatic rings. The van der Waals surface area contributed by atoms with Gasteiger partial charge < -0.3 is 21.5 Å². The lowest BCUT2D eigenvalue weighted by Crippen LogP contribution is -2.54. The lowest BCUT2D eigenvalue weighted by molar-refractivity contribution is -0.135. The molecular formula is C12H23N3O3. The molecule has 1 heterocycles. The number of hydrogen-bond acceptors (Lipinski definition) is 4. The highest BCUT2D eigenvalue weighted by atomic mass is 16.3. The summed E-state index contributed by atoms with van der Waals surface area (Å²) in [4.78, 5) is 23.4. The van der Waals surface area contributed by atoms with Crippen LogP contribution in [-0.4, -0.2) is 41.7 Å². The third-order valence-electron chi connectivity index (χ3n) is 3.25. The topological polar surface area (TPSA) is 104 Å². The van der Waals surface area contributed by atoms with E-state index in [0.29, 0.717) is 13.0 Å². The maximum atomic E-state index is 11.8. The summed E-state index contributed by atoms with van der Waals surface area (Å²) in [5.74, 6) is -0.766. The summed E-state index contributed by atoms with van der Waals surface area (Å²) in [7, 11) is 0. The van der Waals surface area contributed by atoms with Crippen molar-refractivity contribution in [3.63, 3.8) is 0 Å². The lowest BCUT2D eigenvalue weighted by atomic mass is 9.98. The zero-order valence-corrected chi connectivity index (χ0v) is 11.0. The number of aliphatic hydroxyl groups is 1. The average Bonchev–Trinajstić information content (AvgIpc) is 2.53. The summed E-state index contributed by atoms with van der Waals surface area (Å²) in [6.07, 6.45) is 1.10. The number of hydrogen-bond donors (Lipinski definition) is 4. The van der Waals surface area contributed by atoms with Gasteiger partial charge in [-0.2, -0.15) is 0 Å². The first-order chi connectivity index (χ1) is 8.43. The van der Waals surface area contributed by atoms with Crippen molar-refractivity contribution < 1.29 is 14.7 Å². The van der Waals surface area contributed by atoms with Crippen molar-refractivity contribution in [1.82, 2.24) is 10.6 Å². The molecule has 3 atom stereocenters. The summed E-state index contributed by atoms with van der Waals surface area (Å²) in [6, 6.07) is -1.19. The molecule has 1 aliphatic rings. The van der Waals surface area contributed by atoms with Crippen LogP contribution in [0.2, 0.25) is 0 Å². The molecule has 104 valence electrons. The molecule has 0 bridgehead atoms. The van der Waals surface area contributed by atoms with E-state index < -0.39 is 24.1 Å². The molecule has 1 fully saturated rings. The van der Waals surface area contributed by atoms with Gasteiger partial charge in [-0.3, -0.25) is 9.59 Å². The molecule has 0 aliphatic carbocycles. The van der Waals surface area contributed by atoms with Crippen molar-refractivity contribution in [3.05, 3.63) is 0 Å². The quantitative estimate of drug-likeness (QED) is 0.524. The standard InChI is InChI=1S/C12H23N3O3/c1-7(2)9(13)10(16)12(18)15-8-5-3-4-6-14-11(8)17/h7-10,16H,3-6,13H2,1-2H3,(H,14,17)(H,15,18)/t8-,9?,10?/m0/s1. The van der Waals surface area contributed by atoms with Crippen molar-refractivity contribution in [3.8, 4) is 0 Å². The number of nitrogens with two attached hydrogens (primary N) is 1. The second-order valence-electron chi connectivity index (χ2n) is 5.11. The second-order valence-corrected chi connectivity index (χ2v) is 5.11. The van der Waals surface area contributed by atoms with Crippen molar-refractivity contribution in [2.75, 3.05) is 6.54 Å². The van der Waals surface area contributed by atoms with Gasteiger partial charge in [0.1, 0.15) is 12.1 Å². The van der Waals surface area contributed by atoms with Gasteiger partial charge in [-0.05, 0) is 25.2 Å². The normalized spacial score (nSPS) is 24.1. The summed E-state index contributed by atoms with van der Waals surface area (Å²) in [5, 5.41) is 15.1. The molecule has 0 aromatic carbocycles. The van der Waals surface area contributed by atoms with Crippen LogP contribution in [0.4, 0.5) is 0 Å². The fourth-order valence-electron chi connectivity index (χ4n) is 1.87. The Morgan fingerprint density at radius 3 is 2.78 bits per heavy atom. The third kappa shape index (κ3) is 3.96. The minimum Gasteiger partial charge on any atom is -0.382 e. The predicted molar refractivity (Wildman–Crippen MR) is 67.6 cm³/mol. The van der Waals surface area contributed by atoms with E-state index in [1.54, 1.807) is 0 Å². The molecule has 6 heteroatoms. The molecule has 6 nitrogen and oxygen atoms in total. The van der Waals surface area contributed by atoms with Crippen LogP contribution in [-0.2, 0) is 9.59 Å². The minimum atomic E-state index is -1.28. The Morgan fingerprint density at radius 1 is 1.50 bits per heavy atom. The highest BCUT2D eigenvalue weighted by molar-refractivity contribution is 5.89. The molecule has 5 N–H and O–H groups in total. The Morgan fingerprint density at radius 2 is 2.17 bits per heavy atom. The van der Waals surface area contributed by atoms with Gasteiger partial charge in [0, 0.05) is 12.6 Å². The van der Waals surface area contributed by atoms with E-state index in [-0.39, 0.29) is 11.8 Å². The third-order valence-corrected chi connectivity index (χ3v) is 3.25. The van der Waals surface area contributed by atoms with E-state index in [9.17, 15) is 14.7 Å². The first-order valence-corrected chi connectivity index (χ1v) is 6.45. The molecule has 0 spiro atoms. The molecule has 1 saturated heterocycles. The zero-order chi connectivity index (χ0) is 13.7. The van der Waals surface area contributed by atoms with Gasteiger partial charge in [0.25, 0.3) is 5.91 Å². The molecular weight excluding hydrogens is 234 g/mol. The van der Waals surface area contributed by atoms with E-state index in [4.69, 9.17) is 5.73 Å². The van der Waals surface area contributed by atoms with E-state index in [1.807, 2.05) is 13.8 Å². The first kappa shape index (κ1) is 14.9. The molecule has 0 saturated carbocycles. The Hall–Kier alpha value is -1.14. The maximum Gasteiger partial charge on any atom is 0.251 e. The molecule has 0 aromatic heterocycles. The summed E-state index contributed by atoms with van der Waals surface area (Å²) in [6.45, 7) is 4.30. The van der Waals surface area contributed by atoms with Gasteiger partial charge in [-0.1, -0.05) is 13.8 Å². The Balaban J connectivity index is 2.54. The van der Waals surface area contributed by atoms with Crippen LogP contribution in [0, 0.1) is 5.92 Å². The van der Waals surface area contributed by atoms with E-state index in [2.05, 4.69) is 10.6 Å². The maximum absolute atomic E-state index is 11.8. The first-order valence-electron chi connectivity index (χ1n) is 6.45. The zero-order valence-electron chi connectivity index (χ0n) is 11.0. The van der Waals surface area contributed by atoms with E-state index in [1.165, 1.54) is 0 Å². The number of nitrogens with one attached hydrogen (secondary N) is 2. The lowest BCUT2D eigenvalue weighted by Gasteiger charge is -2.23. The number of carbonyl (C=O) groups excluding carboxylic acids is 2. The van der Waals surface area contributed by atoms with E-state index in [0.717, 1.165) is 12.8 Å². The molecule has 1 rings (SSSR count). The Bertz CT molecular complexity index is 307. The number of rotatable bonds is 4. The van der Waals surface area contributed by atoms with Gasteiger partial charge in [0.2, 0.25) is 5.91 Å². The highest BCUT2D eigenvalue weighted by Crippen LogP contribution is 2.08. The molecule has 2 amide bonds. The van der Waals surface area contributed by atoms with Gasteiger partial charge in [0.15, 0.2) is 0 Å². The largest absolute Gasteiger partial charge is 0.382 e. The highest BCUT2D eigenvalue weighted by Gasteiger charge is 2.29. The monoisotopic (exact) mass is 257 g/mol. The van der Waals surface area contributed by atoms with Gasteiger partial charge in [0.05, 0.1) is 0 Å². The molecule has 2 unspecified atom stereocenters. The fourth-order valence-corrected chi connectivity index (χ4v) is 1.87. The van der Waals surface area contributed by atoms with Crippen LogP contribution in [0.25, 0.3) is 0 Å². The van der Waals surface area contributed by atoms with Crippen LogP contribution in [0.15, 0.2) is 0 Å². The van der Waals surface area contributed by atoms with Crippen LogP contribution >= 0.6 is 0 Å². The van der Waals surface area contributed by atoms with Crippen molar-refractivity contribution in [2.24, 2.45) is 11.7 Å². The van der Waals surface area contributed by atoms with Crippen LogP contribution < -0.4 is 16.4 Å². The number of amides is 2. The predicted octanol–water partition coefficient (Wildman–Crippen LogP) is -0.884. The average molecular weight is 257 g/mol. The SMILES string of the molecule is CC(C)C(N)C(O)C(=O)N[C@H]1CCCCNC1=O. The minimum absolute atomic E-state index is 0.00582. The number of carbonyl (C=O) groups is 2. The summed E-state index contributed by atoms with van der Waals surface area (Å²) < 4.78 is 0. The van der Waals surface area contributed by atoms with Crippen molar-refractivity contribution >= 4 is 11.8 Å². The van der Waals surface area contributed by atoms with Crippen LogP contribution in [0.1, 0.15) is 33.1 Å². The van der Waals surface area contributed by atoms with Crippen molar-refractivity contribution in [2.45, 2.75) is 51.3 Å². The Labute approximate surface area is 107 Å². The Kier molecular flexibility index (Phi) is 5.55. The summed E-state index contributed by atoms with van der Waals surface area (Å²) in [5.41, 5.74) is 5.72. The van der Waals surface area contributed by atoms with Crippen LogP contribution in [0.3, 0.4) is 0 Å². The smallest absolute Gasteiger partial charge is 0.251 e. The summed E-state index contributed by atoms with van der Waals surface area (Å²) >= 11 is 0. The number of aliphatic hydroxyl groups excluding tert-OH is 1.